The molecule has 0 atom stereocenters. The molecular weight excluding hydrogens is 522 g/mol. The molecule has 0 bridgehead atoms. The first-order valence-electron chi connectivity index (χ1n) is 11.0. The number of morpholine rings is 1. The molecule has 0 unspecified atom stereocenters. The van der Waals surface area contributed by atoms with E-state index in [1.54, 1.807) is 17.4 Å². The Hall–Kier alpha value is -3.16. The number of benzene rings is 2. The molecule has 5 rings (SSSR count). The summed E-state index contributed by atoms with van der Waals surface area (Å²) in [5, 5.41) is 3.42. The number of thiophene rings is 1. The molecule has 1 fully saturated rings. The number of carbonyl (C=O) groups excluding carboxylic acids is 2. The van der Waals surface area contributed by atoms with Gasteiger partial charge in [0.25, 0.3) is 5.91 Å². The van der Waals surface area contributed by atoms with Crippen LogP contribution in [0.25, 0.3) is 20.1 Å². The van der Waals surface area contributed by atoms with Crippen molar-refractivity contribution in [1.29, 1.82) is 0 Å². The van der Waals surface area contributed by atoms with Crippen LogP contribution in [0.5, 0.6) is 0 Å². The van der Waals surface area contributed by atoms with Gasteiger partial charge < -0.3 is 14.8 Å². The molecular formula is C24H21N3O6S3. The number of thiazole rings is 1. The van der Waals surface area contributed by atoms with E-state index in [1.807, 2.05) is 30.3 Å². The predicted octanol–water partition coefficient (Wildman–Crippen LogP) is 3.84. The van der Waals surface area contributed by atoms with E-state index in [4.69, 9.17) is 9.47 Å². The van der Waals surface area contributed by atoms with Crippen molar-refractivity contribution >= 4 is 60.5 Å². The number of aromatic nitrogens is 1. The van der Waals surface area contributed by atoms with Crippen molar-refractivity contribution in [3.63, 3.8) is 0 Å². The predicted molar refractivity (Wildman–Crippen MR) is 138 cm³/mol. The van der Waals surface area contributed by atoms with Gasteiger partial charge in [-0.25, -0.2) is 18.2 Å². The fraction of sp³-hybridized carbons (Fsp3) is 0.208. The highest BCUT2D eigenvalue weighted by atomic mass is 32.2. The van der Waals surface area contributed by atoms with Gasteiger partial charge in [0.05, 0.1) is 33.2 Å². The van der Waals surface area contributed by atoms with Gasteiger partial charge in [-0.05, 0) is 48.5 Å². The topological polar surface area (TPSA) is 115 Å². The summed E-state index contributed by atoms with van der Waals surface area (Å²) in [6.45, 7) is 0.861. The average Bonchev–Trinajstić information content (AvgIpc) is 3.56. The van der Waals surface area contributed by atoms with E-state index in [0.29, 0.717) is 36.9 Å². The molecule has 1 aliphatic heterocycles. The van der Waals surface area contributed by atoms with Gasteiger partial charge in [0.2, 0.25) is 10.0 Å². The maximum atomic E-state index is 12.7. The van der Waals surface area contributed by atoms with Gasteiger partial charge in [-0.1, -0.05) is 12.1 Å². The third-order valence-corrected chi connectivity index (χ3v) is 9.58. The number of carbonyl (C=O) groups is 2. The van der Waals surface area contributed by atoms with Crippen molar-refractivity contribution in [2.45, 2.75) is 4.90 Å². The van der Waals surface area contributed by atoms with E-state index in [2.05, 4.69) is 10.3 Å². The Labute approximate surface area is 215 Å². The van der Waals surface area contributed by atoms with Gasteiger partial charge in [0.15, 0.2) is 6.61 Å². The summed E-state index contributed by atoms with van der Waals surface area (Å²) < 4.78 is 38.2. The summed E-state index contributed by atoms with van der Waals surface area (Å²) in [6, 6.07) is 17.1. The number of anilines is 1. The quantitative estimate of drug-likeness (QED) is 0.352. The molecule has 2 aromatic heterocycles. The van der Waals surface area contributed by atoms with Gasteiger partial charge in [-0.15, -0.1) is 22.7 Å². The number of fused-ring (bicyclic) bond motifs is 1. The zero-order valence-electron chi connectivity index (χ0n) is 18.9. The summed E-state index contributed by atoms with van der Waals surface area (Å²) in [7, 11) is -3.62. The minimum absolute atomic E-state index is 0.135. The number of hydrogen-bond acceptors (Lipinski definition) is 9. The zero-order valence-corrected chi connectivity index (χ0v) is 21.3. The fourth-order valence-corrected chi connectivity index (χ4v) is 6.91. The lowest BCUT2D eigenvalue weighted by Gasteiger charge is -2.26. The van der Waals surface area contributed by atoms with E-state index >= 15 is 0 Å². The SMILES string of the molecule is O=C(COC(=O)c1ccc(-c2nc3ccccc3s2)s1)Nc1ccc(S(=O)(=O)N2CCOCC2)cc1. The molecule has 9 nitrogen and oxygen atoms in total. The summed E-state index contributed by atoms with van der Waals surface area (Å²) >= 11 is 2.80. The first-order valence-corrected chi connectivity index (χ1v) is 14.1. The van der Waals surface area contributed by atoms with Gasteiger partial charge in [-0.2, -0.15) is 4.31 Å². The first kappa shape index (κ1) is 24.5. The van der Waals surface area contributed by atoms with E-state index in [-0.39, 0.29) is 4.90 Å². The van der Waals surface area contributed by atoms with Gasteiger partial charge in [0, 0.05) is 18.8 Å². The van der Waals surface area contributed by atoms with Gasteiger partial charge >= 0.3 is 5.97 Å². The van der Waals surface area contributed by atoms with Crippen LogP contribution in [0, 0.1) is 0 Å². The minimum atomic E-state index is -3.62. The third-order valence-electron chi connectivity index (χ3n) is 5.39. The van der Waals surface area contributed by atoms with Crippen molar-refractivity contribution < 1.29 is 27.5 Å². The molecule has 186 valence electrons. The summed E-state index contributed by atoms with van der Waals surface area (Å²) in [5.74, 6) is -1.13. The number of ether oxygens (including phenoxy) is 2. The van der Waals surface area contributed by atoms with Crippen LogP contribution in [0.3, 0.4) is 0 Å². The molecule has 0 aliphatic carbocycles. The summed E-state index contributed by atoms with van der Waals surface area (Å²) in [6.07, 6.45) is 0. The van der Waals surface area contributed by atoms with Gasteiger partial charge in [-0.3, -0.25) is 4.79 Å². The zero-order chi connectivity index (χ0) is 25.1. The maximum absolute atomic E-state index is 12.7. The monoisotopic (exact) mass is 543 g/mol. The Balaban J connectivity index is 1.15. The molecule has 1 N–H and O–H groups in total. The molecule has 0 radical (unpaired) electrons. The van der Waals surface area contributed by atoms with Crippen LogP contribution in [0.2, 0.25) is 0 Å². The number of amides is 1. The molecule has 0 spiro atoms. The molecule has 36 heavy (non-hydrogen) atoms. The number of para-hydroxylation sites is 1. The van der Waals surface area contributed by atoms with Crippen molar-refractivity contribution in [1.82, 2.24) is 9.29 Å². The lowest BCUT2D eigenvalue weighted by Crippen LogP contribution is -2.40. The van der Waals surface area contributed by atoms with Crippen LogP contribution in [-0.2, 0) is 24.3 Å². The van der Waals surface area contributed by atoms with Crippen molar-refractivity contribution in [2.24, 2.45) is 0 Å². The third kappa shape index (κ3) is 5.32. The Kier molecular flexibility index (Phi) is 7.12. The normalized spacial score (nSPS) is 14.6. The fourth-order valence-electron chi connectivity index (χ4n) is 3.59. The van der Waals surface area contributed by atoms with Crippen LogP contribution in [0.1, 0.15) is 9.67 Å². The van der Waals surface area contributed by atoms with Crippen LogP contribution >= 0.6 is 22.7 Å². The number of esters is 1. The lowest BCUT2D eigenvalue weighted by atomic mass is 10.3. The highest BCUT2D eigenvalue weighted by Gasteiger charge is 2.26. The number of sulfonamides is 1. The summed E-state index contributed by atoms with van der Waals surface area (Å²) in [4.78, 5) is 30.6. The molecule has 1 saturated heterocycles. The molecule has 0 saturated carbocycles. The van der Waals surface area contributed by atoms with Crippen molar-refractivity contribution in [3.8, 4) is 9.88 Å². The Morgan fingerprint density at radius 3 is 2.50 bits per heavy atom. The molecule has 12 heteroatoms. The van der Waals surface area contributed by atoms with E-state index in [9.17, 15) is 18.0 Å². The number of nitrogens with one attached hydrogen (secondary N) is 1. The maximum Gasteiger partial charge on any atom is 0.348 e. The van der Waals surface area contributed by atoms with Crippen LogP contribution < -0.4 is 5.32 Å². The largest absolute Gasteiger partial charge is 0.451 e. The molecule has 2 aromatic carbocycles. The molecule has 1 aliphatic rings. The average molecular weight is 544 g/mol. The van der Waals surface area contributed by atoms with E-state index in [0.717, 1.165) is 20.1 Å². The van der Waals surface area contributed by atoms with E-state index in [1.165, 1.54) is 39.9 Å². The minimum Gasteiger partial charge on any atom is -0.451 e. The van der Waals surface area contributed by atoms with Crippen LogP contribution in [-0.4, -0.2) is 62.5 Å². The number of hydrogen-bond donors (Lipinski definition) is 1. The van der Waals surface area contributed by atoms with Crippen molar-refractivity contribution in [3.05, 3.63) is 65.5 Å². The second-order valence-corrected chi connectivity index (χ2v) is 11.9. The summed E-state index contributed by atoms with van der Waals surface area (Å²) in [5.41, 5.74) is 1.30. The molecule has 3 heterocycles. The van der Waals surface area contributed by atoms with Crippen LogP contribution in [0.15, 0.2) is 65.6 Å². The first-order chi connectivity index (χ1) is 17.4. The Bertz CT molecular complexity index is 1470. The van der Waals surface area contributed by atoms with E-state index < -0.39 is 28.5 Å². The van der Waals surface area contributed by atoms with Crippen LogP contribution in [0.4, 0.5) is 5.69 Å². The second-order valence-electron chi connectivity index (χ2n) is 7.82. The Morgan fingerprint density at radius 2 is 1.75 bits per heavy atom. The van der Waals surface area contributed by atoms with Crippen molar-refractivity contribution in [2.75, 3.05) is 38.2 Å². The smallest absolute Gasteiger partial charge is 0.348 e. The Morgan fingerprint density at radius 1 is 1.00 bits per heavy atom. The second kappa shape index (κ2) is 10.4. The number of rotatable bonds is 7. The lowest BCUT2D eigenvalue weighted by molar-refractivity contribution is -0.119. The van der Waals surface area contributed by atoms with Gasteiger partial charge in [0.1, 0.15) is 9.88 Å². The number of nitrogens with zero attached hydrogens (tertiary/aromatic N) is 2. The highest BCUT2D eigenvalue weighted by Crippen LogP contribution is 2.34. The highest BCUT2D eigenvalue weighted by molar-refractivity contribution is 7.89. The standard InChI is InChI=1S/C24H21N3O6S3/c28-22(25-16-5-7-17(8-6-16)36(30,31)27-11-13-32-14-12-27)15-33-24(29)21-10-9-20(34-21)23-26-18-3-1-2-4-19(18)35-23/h1-10H,11-15H2,(H,25,28). The molecule has 1 amide bonds. The molecule has 4 aromatic rings.